The highest BCUT2D eigenvalue weighted by Gasteiger charge is 2.24. The number of nitrogens with zero attached hydrogens (tertiary/aromatic N) is 3. The van der Waals surface area contributed by atoms with Crippen molar-refractivity contribution < 1.29 is 9.53 Å². The van der Waals surface area contributed by atoms with Gasteiger partial charge in [-0.15, -0.1) is 0 Å². The highest BCUT2D eigenvalue weighted by Crippen LogP contribution is 2.30. The Balaban J connectivity index is 1.50. The van der Waals surface area contributed by atoms with Crippen LogP contribution in [0.25, 0.3) is 0 Å². The molecule has 1 aliphatic heterocycles. The van der Waals surface area contributed by atoms with Gasteiger partial charge in [0.2, 0.25) is 5.91 Å². The quantitative estimate of drug-likeness (QED) is 0.819. The molecule has 1 amide bonds. The zero-order chi connectivity index (χ0) is 19.4. The summed E-state index contributed by atoms with van der Waals surface area (Å²) >= 11 is 12.1. The van der Waals surface area contributed by atoms with Gasteiger partial charge >= 0.3 is 0 Å². The minimum Gasteiger partial charge on any atom is -0.489 e. The van der Waals surface area contributed by atoms with E-state index in [1.165, 1.54) is 10.9 Å². The maximum absolute atomic E-state index is 12.4. The molecule has 1 fully saturated rings. The second kappa shape index (κ2) is 8.63. The molecule has 0 spiro atoms. The van der Waals surface area contributed by atoms with Gasteiger partial charge in [-0.2, -0.15) is 5.10 Å². The van der Waals surface area contributed by atoms with Crippen LogP contribution in [0.3, 0.4) is 0 Å². The Morgan fingerprint density at radius 3 is 2.78 bits per heavy atom. The smallest absolute Gasteiger partial charge is 0.289 e. The highest BCUT2D eigenvalue weighted by atomic mass is 35.5. The lowest BCUT2D eigenvalue weighted by Gasteiger charge is -2.32. The minimum atomic E-state index is -0.268. The number of hydrogen-bond donors (Lipinski definition) is 1. The van der Waals surface area contributed by atoms with E-state index in [1.807, 2.05) is 0 Å². The molecular weight excluding hydrogens is 391 g/mol. The third kappa shape index (κ3) is 4.93. The summed E-state index contributed by atoms with van der Waals surface area (Å²) in [4.78, 5) is 26.1. The van der Waals surface area contributed by atoms with E-state index in [0.29, 0.717) is 47.4 Å². The summed E-state index contributed by atoms with van der Waals surface area (Å²) in [6, 6.07) is 6.67. The van der Waals surface area contributed by atoms with Crippen LogP contribution in [-0.2, 0) is 11.8 Å². The van der Waals surface area contributed by atoms with E-state index >= 15 is 0 Å². The van der Waals surface area contributed by atoms with Gasteiger partial charge in [0.05, 0.1) is 11.6 Å². The molecule has 9 heteroatoms. The zero-order valence-electron chi connectivity index (χ0n) is 14.8. The van der Waals surface area contributed by atoms with Crippen LogP contribution in [0.5, 0.6) is 5.75 Å². The normalized spacial score (nSPS) is 14.9. The number of hydrogen-bond acceptors (Lipinski definition) is 5. The number of piperidine rings is 1. The average molecular weight is 411 g/mol. The molecule has 0 radical (unpaired) electrons. The molecular formula is C18H20Cl2N4O3. The van der Waals surface area contributed by atoms with Gasteiger partial charge in [-0.25, -0.2) is 4.68 Å². The summed E-state index contributed by atoms with van der Waals surface area (Å²) in [5.41, 5.74) is 0.0884. The Labute approximate surface area is 166 Å². The van der Waals surface area contributed by atoms with Crippen LogP contribution >= 0.6 is 23.2 Å². The predicted molar refractivity (Wildman–Crippen MR) is 105 cm³/mol. The van der Waals surface area contributed by atoms with Gasteiger partial charge < -0.3 is 15.0 Å². The van der Waals surface area contributed by atoms with Gasteiger partial charge in [0, 0.05) is 50.3 Å². The number of carbonyl (C=O) groups is 1. The summed E-state index contributed by atoms with van der Waals surface area (Å²) in [6.07, 6.45) is 2.89. The van der Waals surface area contributed by atoms with Crippen molar-refractivity contribution in [3.8, 4) is 5.75 Å². The molecule has 2 heterocycles. The summed E-state index contributed by atoms with van der Waals surface area (Å²) in [7, 11) is 1.56. The molecule has 0 aliphatic carbocycles. The third-order valence-corrected chi connectivity index (χ3v) is 4.96. The van der Waals surface area contributed by atoms with Crippen molar-refractivity contribution in [1.29, 1.82) is 0 Å². The van der Waals surface area contributed by atoms with Gasteiger partial charge in [-0.1, -0.05) is 23.2 Å². The number of aryl methyl sites for hydroxylation is 1. The first-order valence-corrected chi connectivity index (χ1v) is 9.35. The Kier molecular flexibility index (Phi) is 6.23. The van der Waals surface area contributed by atoms with Gasteiger partial charge in [-0.3, -0.25) is 9.59 Å². The Morgan fingerprint density at radius 2 is 2.04 bits per heavy atom. The van der Waals surface area contributed by atoms with Gasteiger partial charge in [0.15, 0.2) is 0 Å². The largest absolute Gasteiger partial charge is 0.489 e. The maximum atomic E-state index is 12.4. The molecule has 7 nitrogen and oxygen atoms in total. The molecule has 1 aliphatic rings. The molecule has 1 aromatic heterocycles. The lowest BCUT2D eigenvalue weighted by Crippen LogP contribution is -2.44. The number of aromatic nitrogens is 2. The van der Waals surface area contributed by atoms with Crippen LogP contribution in [0.4, 0.5) is 5.69 Å². The molecule has 0 bridgehead atoms. The van der Waals surface area contributed by atoms with E-state index < -0.39 is 0 Å². The van der Waals surface area contributed by atoms with E-state index in [1.54, 1.807) is 36.2 Å². The molecule has 1 aromatic carbocycles. The Morgan fingerprint density at radius 1 is 1.30 bits per heavy atom. The lowest BCUT2D eigenvalue weighted by atomic mass is 10.1. The number of benzene rings is 1. The van der Waals surface area contributed by atoms with E-state index in [9.17, 15) is 9.59 Å². The molecule has 2 aromatic rings. The fraction of sp³-hybridized carbons (Fsp3) is 0.389. The number of anilines is 1. The van der Waals surface area contributed by atoms with Crippen molar-refractivity contribution in [2.45, 2.75) is 18.9 Å². The van der Waals surface area contributed by atoms with Crippen LogP contribution in [0.1, 0.15) is 12.8 Å². The van der Waals surface area contributed by atoms with Gasteiger partial charge in [-0.05, 0) is 18.2 Å². The first-order valence-electron chi connectivity index (χ1n) is 8.59. The standard InChI is InChI=1S/C18H20Cl2N4O3/c1-23-18(26)15(4-7-22-23)21-11-17(25)24-8-5-13(6-9-24)27-16-10-12(19)2-3-14(16)20/h2-4,7,10,13,21H,5-6,8-9,11H2,1H3. The monoisotopic (exact) mass is 410 g/mol. The summed E-state index contributed by atoms with van der Waals surface area (Å²) < 4.78 is 7.15. The Hall–Kier alpha value is -2.25. The molecule has 1 saturated heterocycles. The van der Waals surface area contributed by atoms with Crippen LogP contribution in [-0.4, -0.2) is 46.3 Å². The molecule has 0 atom stereocenters. The van der Waals surface area contributed by atoms with Crippen LogP contribution in [0.2, 0.25) is 10.0 Å². The van der Waals surface area contributed by atoms with Gasteiger partial charge in [0.1, 0.15) is 17.5 Å². The van der Waals surface area contributed by atoms with Crippen molar-refractivity contribution in [2.24, 2.45) is 7.05 Å². The van der Waals surface area contributed by atoms with Crippen molar-refractivity contribution in [1.82, 2.24) is 14.7 Å². The molecule has 3 rings (SSSR count). The second-order valence-electron chi connectivity index (χ2n) is 6.30. The van der Waals surface area contributed by atoms with Crippen molar-refractivity contribution in [3.05, 3.63) is 50.9 Å². The summed E-state index contributed by atoms with van der Waals surface area (Å²) in [5.74, 6) is 0.497. The van der Waals surface area contributed by atoms with Crippen LogP contribution < -0.4 is 15.6 Å². The number of amides is 1. The molecule has 1 N–H and O–H groups in total. The number of halogens is 2. The van der Waals surface area contributed by atoms with E-state index in [4.69, 9.17) is 27.9 Å². The second-order valence-corrected chi connectivity index (χ2v) is 7.14. The maximum Gasteiger partial charge on any atom is 0.289 e. The minimum absolute atomic E-state index is 0.0227. The molecule has 27 heavy (non-hydrogen) atoms. The Bertz CT molecular complexity index is 879. The number of rotatable bonds is 5. The number of ether oxygens (including phenoxy) is 1. The lowest BCUT2D eigenvalue weighted by molar-refractivity contribution is -0.131. The number of carbonyl (C=O) groups excluding carboxylic acids is 1. The fourth-order valence-corrected chi connectivity index (χ4v) is 3.22. The molecule has 0 saturated carbocycles. The SMILES string of the molecule is Cn1nccc(NCC(=O)N2CCC(Oc3cc(Cl)ccc3Cl)CC2)c1=O. The molecule has 144 valence electrons. The average Bonchev–Trinajstić information content (AvgIpc) is 2.66. The van der Waals surface area contributed by atoms with Crippen LogP contribution in [0.15, 0.2) is 35.3 Å². The predicted octanol–water partition coefficient (Wildman–Crippen LogP) is 2.57. The summed E-state index contributed by atoms with van der Waals surface area (Å²) in [5, 5.41) is 7.82. The highest BCUT2D eigenvalue weighted by molar-refractivity contribution is 6.34. The van der Waals surface area contributed by atoms with Gasteiger partial charge in [0.25, 0.3) is 5.56 Å². The first kappa shape index (κ1) is 19.5. The van der Waals surface area contributed by atoms with E-state index in [-0.39, 0.29) is 24.1 Å². The molecule has 0 unspecified atom stereocenters. The first-order chi connectivity index (χ1) is 12.9. The topological polar surface area (TPSA) is 76.5 Å². The number of nitrogens with one attached hydrogen (secondary N) is 1. The van der Waals surface area contributed by atoms with Crippen molar-refractivity contribution in [3.63, 3.8) is 0 Å². The fourth-order valence-electron chi connectivity index (χ4n) is 2.89. The van der Waals surface area contributed by atoms with Crippen molar-refractivity contribution in [2.75, 3.05) is 25.0 Å². The van der Waals surface area contributed by atoms with Crippen molar-refractivity contribution >= 4 is 34.8 Å². The zero-order valence-corrected chi connectivity index (χ0v) is 16.3. The number of likely N-dealkylation sites (tertiary alicyclic amines) is 1. The van der Waals surface area contributed by atoms with Crippen LogP contribution in [0, 0.1) is 0 Å². The van der Waals surface area contributed by atoms with E-state index in [0.717, 1.165) is 0 Å². The summed E-state index contributed by atoms with van der Waals surface area (Å²) in [6.45, 7) is 1.22. The van der Waals surface area contributed by atoms with E-state index in [2.05, 4.69) is 10.4 Å². The third-order valence-electron chi connectivity index (χ3n) is 4.42.